The number of aliphatic hydroxyl groups excluding tert-OH is 1. The summed E-state index contributed by atoms with van der Waals surface area (Å²) in [6.45, 7) is -1.06. The van der Waals surface area contributed by atoms with Crippen molar-refractivity contribution in [3.63, 3.8) is 0 Å². The van der Waals surface area contributed by atoms with Gasteiger partial charge >= 0.3 is 7.60 Å². The Bertz CT molecular complexity index is 213. The van der Waals surface area contributed by atoms with Gasteiger partial charge in [0.05, 0.1) is 6.61 Å². The lowest BCUT2D eigenvalue weighted by Crippen LogP contribution is -2.37. The maximum Gasteiger partial charge on any atom is 0.340 e. The summed E-state index contributed by atoms with van der Waals surface area (Å²) in [5.74, 6) is -0.933. The SMILES string of the molecule is COCC(C(=O)NCO)P(=O)(O)O. The molecule has 0 aliphatic heterocycles. The lowest BCUT2D eigenvalue weighted by molar-refractivity contribution is -0.123. The van der Waals surface area contributed by atoms with Crippen LogP contribution in [0.2, 0.25) is 0 Å². The van der Waals surface area contributed by atoms with Gasteiger partial charge in [-0.05, 0) is 0 Å². The highest BCUT2D eigenvalue weighted by Crippen LogP contribution is 2.41. The minimum atomic E-state index is -4.53. The number of carbonyl (C=O) groups is 1. The van der Waals surface area contributed by atoms with Crippen molar-refractivity contribution in [3.05, 3.63) is 0 Å². The van der Waals surface area contributed by atoms with Crippen LogP contribution in [0.1, 0.15) is 0 Å². The lowest BCUT2D eigenvalue weighted by atomic mass is 10.4. The van der Waals surface area contributed by atoms with Gasteiger partial charge in [-0.25, -0.2) is 0 Å². The first-order chi connectivity index (χ1) is 5.93. The van der Waals surface area contributed by atoms with Crippen LogP contribution in [0.4, 0.5) is 0 Å². The van der Waals surface area contributed by atoms with Gasteiger partial charge in [-0.15, -0.1) is 0 Å². The molecule has 0 aromatic rings. The number of aliphatic hydroxyl groups is 1. The maximum atomic E-state index is 10.9. The summed E-state index contributed by atoms with van der Waals surface area (Å²) in [4.78, 5) is 28.3. The van der Waals surface area contributed by atoms with E-state index in [1.54, 1.807) is 0 Å². The number of ether oxygens (including phenoxy) is 1. The first kappa shape index (κ1) is 12.5. The molecule has 8 heteroatoms. The van der Waals surface area contributed by atoms with Crippen LogP contribution in [0.5, 0.6) is 0 Å². The Hall–Kier alpha value is -0.460. The molecule has 78 valence electrons. The minimum absolute atomic E-state index is 0.393. The number of rotatable bonds is 5. The van der Waals surface area contributed by atoms with E-state index in [9.17, 15) is 9.36 Å². The zero-order valence-electron chi connectivity index (χ0n) is 7.01. The van der Waals surface area contributed by atoms with Crippen LogP contribution in [-0.2, 0) is 14.1 Å². The third kappa shape index (κ3) is 4.35. The standard InChI is InChI=1S/C5H12NO6P/c1-12-2-4(13(9,10)11)5(8)6-3-7/h4,7H,2-3H2,1H3,(H,6,8)(H2,9,10,11). The summed E-state index contributed by atoms with van der Waals surface area (Å²) in [5.41, 5.74) is -1.57. The molecule has 13 heavy (non-hydrogen) atoms. The third-order valence-corrected chi connectivity index (χ3v) is 2.48. The van der Waals surface area contributed by atoms with E-state index in [0.717, 1.165) is 0 Å². The predicted molar refractivity (Wildman–Crippen MR) is 42.9 cm³/mol. The van der Waals surface area contributed by atoms with Gasteiger partial charge in [0.1, 0.15) is 6.73 Å². The summed E-state index contributed by atoms with van der Waals surface area (Å²) < 4.78 is 15.2. The van der Waals surface area contributed by atoms with Crippen LogP contribution in [0.15, 0.2) is 0 Å². The second-order valence-corrected chi connectivity index (χ2v) is 4.06. The van der Waals surface area contributed by atoms with Crippen LogP contribution in [0, 0.1) is 0 Å². The Morgan fingerprint density at radius 3 is 2.46 bits per heavy atom. The van der Waals surface area contributed by atoms with E-state index in [-0.39, 0.29) is 0 Å². The molecule has 0 aromatic carbocycles. The highest BCUT2D eigenvalue weighted by Gasteiger charge is 2.35. The van der Waals surface area contributed by atoms with Gasteiger partial charge in [0, 0.05) is 7.11 Å². The highest BCUT2D eigenvalue weighted by molar-refractivity contribution is 7.53. The Kier molecular flexibility index (Phi) is 5.12. The van der Waals surface area contributed by atoms with Crippen LogP contribution < -0.4 is 5.32 Å². The fraction of sp³-hybridized carbons (Fsp3) is 0.800. The summed E-state index contributed by atoms with van der Waals surface area (Å²) in [6, 6.07) is 0. The molecule has 0 radical (unpaired) electrons. The monoisotopic (exact) mass is 213 g/mol. The van der Waals surface area contributed by atoms with Crippen LogP contribution in [0.3, 0.4) is 0 Å². The van der Waals surface area contributed by atoms with Crippen molar-refractivity contribution in [1.82, 2.24) is 5.32 Å². The van der Waals surface area contributed by atoms with Gasteiger partial charge < -0.3 is 24.9 Å². The molecule has 1 atom stereocenters. The average molecular weight is 213 g/mol. The quantitative estimate of drug-likeness (QED) is 0.317. The topological polar surface area (TPSA) is 116 Å². The van der Waals surface area contributed by atoms with Crippen molar-refractivity contribution < 1.29 is 29.0 Å². The molecule has 0 aliphatic rings. The third-order valence-electron chi connectivity index (χ3n) is 1.29. The first-order valence-electron chi connectivity index (χ1n) is 3.36. The molecule has 0 heterocycles. The average Bonchev–Trinajstić information content (AvgIpc) is 1.98. The van der Waals surface area contributed by atoms with Gasteiger partial charge in [0.15, 0.2) is 5.66 Å². The van der Waals surface area contributed by atoms with Crippen LogP contribution >= 0.6 is 7.60 Å². The molecule has 0 saturated carbocycles. The number of methoxy groups -OCH3 is 1. The van der Waals surface area contributed by atoms with Crippen LogP contribution in [0.25, 0.3) is 0 Å². The molecule has 0 spiro atoms. The molecule has 1 amide bonds. The second-order valence-electron chi connectivity index (χ2n) is 2.26. The molecule has 0 aromatic heterocycles. The molecule has 0 aliphatic carbocycles. The Morgan fingerprint density at radius 1 is 1.62 bits per heavy atom. The Morgan fingerprint density at radius 2 is 2.15 bits per heavy atom. The smallest absolute Gasteiger partial charge is 0.340 e. The Labute approximate surface area is 74.9 Å². The fourth-order valence-electron chi connectivity index (χ4n) is 0.679. The molecular weight excluding hydrogens is 201 g/mol. The number of hydrogen-bond donors (Lipinski definition) is 4. The summed E-state index contributed by atoms with van der Waals surface area (Å²) in [5, 5.41) is 10.2. The van der Waals surface area contributed by atoms with Gasteiger partial charge in [-0.2, -0.15) is 0 Å². The van der Waals surface area contributed by atoms with Crippen molar-refractivity contribution in [3.8, 4) is 0 Å². The molecule has 0 rings (SSSR count). The van der Waals surface area contributed by atoms with Crippen LogP contribution in [-0.4, -0.2) is 46.9 Å². The van der Waals surface area contributed by atoms with Crippen molar-refractivity contribution >= 4 is 13.5 Å². The van der Waals surface area contributed by atoms with Crippen molar-refractivity contribution in [2.75, 3.05) is 20.4 Å². The van der Waals surface area contributed by atoms with E-state index in [1.165, 1.54) is 7.11 Å². The van der Waals surface area contributed by atoms with Crippen molar-refractivity contribution in [1.29, 1.82) is 0 Å². The highest BCUT2D eigenvalue weighted by atomic mass is 31.2. The predicted octanol–water partition coefficient (Wildman–Crippen LogP) is -1.75. The number of hydrogen-bond acceptors (Lipinski definition) is 4. The normalized spacial score (nSPS) is 13.8. The summed E-state index contributed by atoms with van der Waals surface area (Å²) in [6.07, 6.45) is 0. The minimum Gasteiger partial charge on any atom is -0.383 e. The largest absolute Gasteiger partial charge is 0.383 e. The summed E-state index contributed by atoms with van der Waals surface area (Å²) in [7, 11) is -3.31. The maximum absolute atomic E-state index is 10.9. The number of amides is 1. The summed E-state index contributed by atoms with van der Waals surface area (Å²) >= 11 is 0. The molecule has 0 bridgehead atoms. The van der Waals surface area contributed by atoms with Gasteiger partial charge in [-0.3, -0.25) is 9.36 Å². The number of carbonyl (C=O) groups excluding carboxylic acids is 1. The van der Waals surface area contributed by atoms with Gasteiger partial charge in [0.2, 0.25) is 5.91 Å². The molecule has 4 N–H and O–H groups in total. The molecular formula is C5H12NO6P. The zero-order chi connectivity index (χ0) is 10.5. The van der Waals surface area contributed by atoms with E-state index in [4.69, 9.17) is 14.9 Å². The molecule has 0 saturated heterocycles. The van der Waals surface area contributed by atoms with E-state index in [2.05, 4.69) is 4.74 Å². The first-order valence-corrected chi connectivity index (χ1v) is 5.04. The Balaban J connectivity index is 4.42. The van der Waals surface area contributed by atoms with E-state index < -0.39 is 32.5 Å². The number of nitrogens with one attached hydrogen (secondary N) is 1. The fourth-order valence-corrected chi connectivity index (χ4v) is 1.42. The molecule has 0 fully saturated rings. The van der Waals surface area contributed by atoms with Gasteiger partial charge in [0.25, 0.3) is 0 Å². The van der Waals surface area contributed by atoms with Crippen molar-refractivity contribution in [2.45, 2.75) is 5.66 Å². The van der Waals surface area contributed by atoms with E-state index in [1.807, 2.05) is 5.32 Å². The van der Waals surface area contributed by atoms with Crippen molar-refractivity contribution in [2.24, 2.45) is 0 Å². The van der Waals surface area contributed by atoms with E-state index >= 15 is 0 Å². The van der Waals surface area contributed by atoms with Gasteiger partial charge in [-0.1, -0.05) is 0 Å². The van der Waals surface area contributed by atoms with E-state index in [0.29, 0.717) is 0 Å². The molecule has 7 nitrogen and oxygen atoms in total. The second kappa shape index (κ2) is 5.31. The molecule has 1 unspecified atom stereocenters. The zero-order valence-corrected chi connectivity index (χ0v) is 7.90. The lowest BCUT2D eigenvalue weighted by Gasteiger charge is -2.15.